The fraction of sp³-hybridized carbons (Fsp3) is 0.250. The number of nitrogens with zero attached hydrogens (tertiary/aromatic N) is 4. The second kappa shape index (κ2) is 14.6. The molecule has 0 saturated heterocycles. The van der Waals surface area contributed by atoms with Crippen molar-refractivity contribution in [1.29, 1.82) is 0 Å². The molecule has 0 bridgehead atoms. The molecule has 0 amide bonds. The fourth-order valence-electron chi connectivity index (χ4n) is 10.2. The highest BCUT2D eigenvalue weighted by atomic mass is 15.5. The first-order chi connectivity index (χ1) is 30.2. The fourth-order valence-corrected chi connectivity index (χ4v) is 10.2. The molecule has 7 nitrogen and oxygen atoms in total. The van der Waals surface area contributed by atoms with Crippen molar-refractivity contribution in [2.45, 2.75) is 51.9 Å². The predicted octanol–water partition coefficient (Wildman–Crippen LogP) is 13.4. The van der Waals surface area contributed by atoms with Gasteiger partial charge in [-0.25, -0.2) is 0 Å². The average molecular weight is 830 g/mol. The van der Waals surface area contributed by atoms with E-state index in [2.05, 4.69) is 225 Å². The first-order valence-corrected chi connectivity index (χ1v) is 22.2. The lowest BCUT2D eigenvalue weighted by molar-refractivity contribution is 0.523. The maximum absolute atomic E-state index is 3.75. The van der Waals surface area contributed by atoms with Crippen LogP contribution in [-0.2, 0) is 17.3 Å². The molecule has 0 saturated carbocycles. The van der Waals surface area contributed by atoms with Crippen LogP contribution in [0, 0.1) is 0 Å². The molecule has 63 heavy (non-hydrogen) atoms. The van der Waals surface area contributed by atoms with Gasteiger partial charge in [-0.3, -0.25) is 4.68 Å². The highest BCUT2D eigenvalue weighted by Gasteiger charge is 2.26. The quantitative estimate of drug-likeness (QED) is 0.136. The van der Waals surface area contributed by atoms with Crippen molar-refractivity contribution < 1.29 is 0 Å². The molecule has 318 valence electrons. The van der Waals surface area contributed by atoms with Crippen LogP contribution in [0.4, 0.5) is 17.1 Å². The molecule has 7 heteroatoms. The van der Waals surface area contributed by atoms with Gasteiger partial charge in [-0.2, -0.15) is 0 Å². The van der Waals surface area contributed by atoms with Crippen LogP contribution in [0.5, 0.6) is 0 Å². The number of aromatic amines is 1. The molecule has 0 aliphatic rings. The molecule has 0 unspecified atom stereocenters. The topological polar surface area (TPSA) is 56.2 Å². The van der Waals surface area contributed by atoms with Crippen LogP contribution in [0.2, 0.25) is 0 Å². The van der Waals surface area contributed by atoms with Crippen molar-refractivity contribution in [2.75, 3.05) is 62.8 Å². The standard InChI is InChI=1S/C56H59N7/c1-55(2,3)36-17-27-48-45(31-36)46-32-37(18-28-49(46)62(48)39-21-19-38(20-22-39)60(8)9)56(4,5)33-34-15-23-41-42-24-16-35(30-51(42)63(61(10)11)50(41)29-34)40-25-26-44-43-13-12-14-47(57-6)52(43)59-54(44)53(40)58-7/h12-32,57-59H,33H2,1-11H3. The van der Waals surface area contributed by atoms with Crippen LogP contribution in [0.15, 0.2) is 127 Å². The summed E-state index contributed by atoms with van der Waals surface area (Å²) in [5.74, 6) is 0. The Morgan fingerprint density at radius 1 is 0.556 bits per heavy atom. The van der Waals surface area contributed by atoms with E-state index in [1.54, 1.807) is 0 Å². The Balaban J connectivity index is 1.05. The highest BCUT2D eigenvalue weighted by Crippen LogP contribution is 2.43. The minimum absolute atomic E-state index is 0.0427. The molecular formula is C56H59N7. The largest absolute Gasteiger partial charge is 0.386 e. The van der Waals surface area contributed by atoms with Crippen LogP contribution in [0.3, 0.4) is 0 Å². The summed E-state index contributed by atoms with van der Waals surface area (Å²) >= 11 is 0. The van der Waals surface area contributed by atoms with Crippen molar-refractivity contribution in [2.24, 2.45) is 0 Å². The minimum Gasteiger partial charge on any atom is -0.386 e. The van der Waals surface area contributed by atoms with Crippen molar-refractivity contribution in [1.82, 2.24) is 14.2 Å². The normalized spacial score (nSPS) is 12.4. The van der Waals surface area contributed by atoms with E-state index in [4.69, 9.17) is 0 Å². The SMILES string of the molecule is CNc1cccc2c1[nH]c1c(NC)c(-c3ccc4c5ccc(CC(C)(C)c6ccc7c(c6)c6cc(C(C)(C)C)ccc6n7-c6ccc(N(C)C)cc6)cc5n(N(C)C)c4c3)ccc12. The maximum atomic E-state index is 3.75. The Kier molecular flexibility index (Phi) is 9.34. The zero-order chi connectivity index (χ0) is 44.1. The number of hydrogen-bond acceptors (Lipinski definition) is 4. The molecule has 0 fully saturated rings. The van der Waals surface area contributed by atoms with Gasteiger partial charge in [0.25, 0.3) is 0 Å². The van der Waals surface area contributed by atoms with E-state index in [0.29, 0.717) is 0 Å². The zero-order valence-corrected chi connectivity index (χ0v) is 38.6. The Bertz CT molecular complexity index is 3400. The van der Waals surface area contributed by atoms with Gasteiger partial charge in [0.15, 0.2) is 0 Å². The number of aromatic nitrogens is 3. The summed E-state index contributed by atoms with van der Waals surface area (Å²) in [6, 6.07) is 48.1. The molecule has 0 aliphatic heterocycles. The zero-order valence-electron chi connectivity index (χ0n) is 38.6. The summed E-state index contributed by atoms with van der Waals surface area (Å²) in [4.78, 5) is 5.90. The molecular weight excluding hydrogens is 771 g/mol. The summed E-state index contributed by atoms with van der Waals surface area (Å²) in [5.41, 5.74) is 17.9. The lowest BCUT2D eigenvalue weighted by Crippen LogP contribution is -2.24. The van der Waals surface area contributed by atoms with Crippen molar-refractivity contribution in [3.8, 4) is 16.8 Å². The number of anilines is 3. The molecule has 0 radical (unpaired) electrons. The van der Waals surface area contributed by atoms with Gasteiger partial charge in [0.1, 0.15) is 0 Å². The van der Waals surface area contributed by atoms with E-state index in [1.807, 2.05) is 14.1 Å². The first kappa shape index (κ1) is 40.2. The molecule has 0 atom stereocenters. The predicted molar refractivity (Wildman–Crippen MR) is 274 cm³/mol. The number of nitrogens with one attached hydrogen (secondary N) is 3. The van der Waals surface area contributed by atoms with E-state index in [-0.39, 0.29) is 10.8 Å². The summed E-state index contributed by atoms with van der Waals surface area (Å²) in [7, 11) is 12.5. The molecule has 10 rings (SSSR count). The highest BCUT2D eigenvalue weighted by molar-refractivity contribution is 6.17. The summed E-state index contributed by atoms with van der Waals surface area (Å²) < 4.78 is 4.81. The van der Waals surface area contributed by atoms with E-state index in [0.717, 1.165) is 28.8 Å². The molecule has 10 aromatic rings. The van der Waals surface area contributed by atoms with Gasteiger partial charge in [0.2, 0.25) is 0 Å². The van der Waals surface area contributed by atoms with Crippen molar-refractivity contribution in [3.05, 3.63) is 144 Å². The van der Waals surface area contributed by atoms with E-state index in [9.17, 15) is 0 Å². The van der Waals surface area contributed by atoms with Crippen LogP contribution in [0.1, 0.15) is 51.3 Å². The first-order valence-electron chi connectivity index (χ1n) is 22.2. The van der Waals surface area contributed by atoms with Gasteiger partial charge in [0, 0.05) is 91.5 Å². The summed E-state index contributed by atoms with van der Waals surface area (Å²) in [5, 5.41) is 16.7. The molecule has 0 aliphatic carbocycles. The van der Waals surface area contributed by atoms with E-state index in [1.165, 1.54) is 93.6 Å². The van der Waals surface area contributed by atoms with E-state index >= 15 is 0 Å². The second-order valence-corrected chi connectivity index (χ2v) is 19.5. The second-order valence-electron chi connectivity index (χ2n) is 19.5. The lowest BCUT2D eigenvalue weighted by atomic mass is 9.78. The molecule has 0 spiro atoms. The Hall–Kier alpha value is -6.86. The number of para-hydroxylation sites is 1. The van der Waals surface area contributed by atoms with Crippen molar-refractivity contribution in [3.63, 3.8) is 0 Å². The Labute approximate surface area is 370 Å². The maximum Gasteiger partial charge on any atom is 0.0714 e. The average Bonchev–Trinajstić information content (AvgIpc) is 3.92. The molecule has 7 aromatic carbocycles. The number of rotatable bonds is 9. The van der Waals surface area contributed by atoms with Gasteiger partial charge in [-0.1, -0.05) is 95.3 Å². The smallest absolute Gasteiger partial charge is 0.0714 e. The summed E-state index contributed by atoms with van der Waals surface area (Å²) in [6.45, 7) is 11.7. The molecule has 3 N–H and O–H groups in total. The van der Waals surface area contributed by atoms with Crippen LogP contribution in [-0.4, -0.2) is 56.5 Å². The number of benzene rings is 7. The third-order valence-electron chi connectivity index (χ3n) is 13.5. The Morgan fingerprint density at radius 3 is 1.84 bits per heavy atom. The van der Waals surface area contributed by atoms with Gasteiger partial charge in [0.05, 0.1) is 44.5 Å². The van der Waals surface area contributed by atoms with Gasteiger partial charge >= 0.3 is 0 Å². The monoisotopic (exact) mass is 829 g/mol. The minimum atomic E-state index is -0.133. The third-order valence-corrected chi connectivity index (χ3v) is 13.5. The third kappa shape index (κ3) is 6.47. The number of fused-ring (bicyclic) bond motifs is 9. The lowest BCUT2D eigenvalue weighted by Gasteiger charge is -2.26. The molecule has 3 heterocycles. The van der Waals surface area contributed by atoms with Gasteiger partial charge in [-0.15, -0.1) is 0 Å². The molecule has 3 aromatic heterocycles. The van der Waals surface area contributed by atoms with Crippen LogP contribution < -0.4 is 20.5 Å². The van der Waals surface area contributed by atoms with Crippen LogP contribution >= 0.6 is 0 Å². The van der Waals surface area contributed by atoms with Crippen LogP contribution in [0.25, 0.3) is 82.2 Å². The number of H-pyrrole nitrogens is 1. The number of hydrogen-bond donors (Lipinski definition) is 3. The van der Waals surface area contributed by atoms with E-state index < -0.39 is 0 Å². The summed E-state index contributed by atoms with van der Waals surface area (Å²) in [6.07, 6.45) is 0.901. The van der Waals surface area contributed by atoms with Gasteiger partial charge < -0.3 is 30.1 Å². The van der Waals surface area contributed by atoms with Crippen molar-refractivity contribution >= 4 is 82.5 Å². The van der Waals surface area contributed by atoms with Gasteiger partial charge in [-0.05, 0) is 106 Å². The Morgan fingerprint density at radius 2 is 1.19 bits per heavy atom.